The Kier molecular flexibility index (Phi) is 3.35. The van der Waals surface area contributed by atoms with Gasteiger partial charge in [-0.3, -0.25) is 0 Å². The van der Waals surface area contributed by atoms with E-state index < -0.39 is 0 Å². The van der Waals surface area contributed by atoms with Crippen LogP contribution in [0, 0.1) is 0 Å². The molecular formula is C15H17NOS. The van der Waals surface area contributed by atoms with Gasteiger partial charge < -0.3 is 10.1 Å². The summed E-state index contributed by atoms with van der Waals surface area (Å²) in [6.07, 6.45) is 2.25. The van der Waals surface area contributed by atoms with E-state index in [4.69, 9.17) is 4.74 Å². The van der Waals surface area contributed by atoms with E-state index in [1.54, 1.807) is 11.3 Å². The normalized spacial score (nSPS) is 15.8. The molecule has 0 saturated heterocycles. The fraction of sp³-hybridized carbons (Fsp3) is 0.333. The number of aryl methyl sites for hydroxylation is 1. The highest BCUT2D eigenvalue weighted by molar-refractivity contribution is 7.10. The zero-order valence-corrected chi connectivity index (χ0v) is 11.3. The number of fused-ring (bicyclic) bond motifs is 1. The lowest BCUT2D eigenvalue weighted by Gasteiger charge is -2.21. The van der Waals surface area contributed by atoms with Gasteiger partial charge in [0.1, 0.15) is 5.75 Å². The van der Waals surface area contributed by atoms with Gasteiger partial charge in [-0.15, -0.1) is 11.3 Å². The molecule has 2 aromatic rings. The summed E-state index contributed by atoms with van der Waals surface area (Å²) in [6.45, 7) is 0.854. The Morgan fingerprint density at radius 1 is 1.33 bits per heavy atom. The molecule has 1 aliphatic rings. The summed E-state index contributed by atoms with van der Waals surface area (Å²) >= 11 is 1.79. The number of nitrogens with one attached hydrogen (secondary N) is 1. The van der Waals surface area contributed by atoms with Gasteiger partial charge in [-0.25, -0.2) is 0 Å². The highest BCUT2D eigenvalue weighted by Gasteiger charge is 2.16. The van der Waals surface area contributed by atoms with Crippen LogP contribution in [-0.4, -0.2) is 13.7 Å². The van der Waals surface area contributed by atoms with Gasteiger partial charge in [0.25, 0.3) is 0 Å². The molecule has 2 heterocycles. The summed E-state index contributed by atoms with van der Waals surface area (Å²) in [5.74, 6) is 1.06. The predicted octanol–water partition coefficient (Wildman–Crippen LogP) is 3.38. The quantitative estimate of drug-likeness (QED) is 0.912. The standard InChI is InChI=1S/C15H17NOS/c1-16-15(14-5-3-9-18-14)12-6-7-13-11(10-12)4-2-8-17-13/h3,5-7,9-10,15-16H,2,4,8H2,1H3. The topological polar surface area (TPSA) is 21.3 Å². The van der Waals surface area contributed by atoms with Gasteiger partial charge >= 0.3 is 0 Å². The Morgan fingerprint density at radius 3 is 3.06 bits per heavy atom. The summed E-state index contributed by atoms with van der Waals surface area (Å²) in [5.41, 5.74) is 2.67. The van der Waals surface area contributed by atoms with E-state index in [1.807, 2.05) is 7.05 Å². The van der Waals surface area contributed by atoms with Crippen molar-refractivity contribution in [1.82, 2.24) is 5.32 Å². The number of benzene rings is 1. The van der Waals surface area contributed by atoms with Crippen LogP contribution in [-0.2, 0) is 6.42 Å². The summed E-state index contributed by atoms with van der Waals surface area (Å²) in [4.78, 5) is 1.36. The van der Waals surface area contributed by atoms with Crippen LogP contribution in [0.5, 0.6) is 5.75 Å². The number of ether oxygens (including phenoxy) is 1. The summed E-state index contributed by atoms with van der Waals surface area (Å²) < 4.78 is 5.66. The molecule has 1 atom stereocenters. The zero-order chi connectivity index (χ0) is 12.4. The Hall–Kier alpha value is -1.32. The minimum absolute atomic E-state index is 0.289. The second-order valence-corrected chi connectivity index (χ2v) is 5.54. The number of rotatable bonds is 3. The molecule has 18 heavy (non-hydrogen) atoms. The van der Waals surface area contributed by atoms with E-state index in [2.05, 4.69) is 41.0 Å². The first-order valence-electron chi connectivity index (χ1n) is 6.35. The summed E-state index contributed by atoms with van der Waals surface area (Å²) in [6, 6.07) is 11.1. The van der Waals surface area contributed by atoms with E-state index >= 15 is 0 Å². The maximum Gasteiger partial charge on any atom is 0.122 e. The first kappa shape index (κ1) is 11.8. The lowest BCUT2D eigenvalue weighted by atomic mass is 9.98. The van der Waals surface area contributed by atoms with E-state index in [0.29, 0.717) is 0 Å². The second kappa shape index (κ2) is 5.12. The van der Waals surface area contributed by atoms with Crippen LogP contribution in [0.25, 0.3) is 0 Å². The van der Waals surface area contributed by atoms with Crippen molar-refractivity contribution in [3.8, 4) is 5.75 Å². The molecule has 2 nitrogen and oxygen atoms in total. The van der Waals surface area contributed by atoms with Crippen molar-refractivity contribution in [2.45, 2.75) is 18.9 Å². The van der Waals surface area contributed by atoms with Gasteiger partial charge in [0.2, 0.25) is 0 Å². The molecule has 1 aromatic heterocycles. The molecule has 0 bridgehead atoms. The van der Waals surface area contributed by atoms with Crippen molar-refractivity contribution >= 4 is 11.3 Å². The lowest BCUT2D eigenvalue weighted by Crippen LogP contribution is -2.17. The van der Waals surface area contributed by atoms with Crippen molar-refractivity contribution < 1.29 is 4.74 Å². The number of hydrogen-bond acceptors (Lipinski definition) is 3. The summed E-state index contributed by atoms with van der Waals surface area (Å²) in [5, 5.41) is 5.52. The average Bonchev–Trinajstić information content (AvgIpc) is 2.93. The highest BCUT2D eigenvalue weighted by Crippen LogP contribution is 2.31. The molecule has 0 fully saturated rings. The van der Waals surface area contributed by atoms with E-state index in [-0.39, 0.29) is 6.04 Å². The van der Waals surface area contributed by atoms with Gasteiger partial charge in [0, 0.05) is 4.88 Å². The molecule has 0 radical (unpaired) electrons. The molecule has 1 aromatic carbocycles. The molecular weight excluding hydrogens is 242 g/mol. The third-order valence-electron chi connectivity index (χ3n) is 3.38. The van der Waals surface area contributed by atoms with Crippen LogP contribution in [0.15, 0.2) is 35.7 Å². The van der Waals surface area contributed by atoms with E-state index in [1.165, 1.54) is 16.0 Å². The molecule has 0 amide bonds. The molecule has 0 saturated carbocycles. The molecule has 3 rings (SSSR count). The van der Waals surface area contributed by atoms with Crippen LogP contribution in [0.2, 0.25) is 0 Å². The number of thiophene rings is 1. The van der Waals surface area contributed by atoms with Crippen LogP contribution in [0.1, 0.15) is 28.5 Å². The van der Waals surface area contributed by atoms with Crippen LogP contribution >= 0.6 is 11.3 Å². The molecule has 1 unspecified atom stereocenters. The molecule has 1 aliphatic heterocycles. The van der Waals surface area contributed by atoms with Crippen molar-refractivity contribution in [1.29, 1.82) is 0 Å². The van der Waals surface area contributed by atoms with Gasteiger partial charge in [-0.1, -0.05) is 18.2 Å². The van der Waals surface area contributed by atoms with Crippen molar-refractivity contribution in [2.24, 2.45) is 0 Å². The summed E-state index contributed by atoms with van der Waals surface area (Å²) in [7, 11) is 2.01. The van der Waals surface area contributed by atoms with Crippen molar-refractivity contribution in [3.63, 3.8) is 0 Å². The SMILES string of the molecule is CNC(c1ccc2c(c1)CCCO2)c1cccs1. The Labute approximate surface area is 112 Å². The molecule has 3 heteroatoms. The van der Waals surface area contributed by atoms with Gasteiger partial charge in [0.15, 0.2) is 0 Å². The van der Waals surface area contributed by atoms with Gasteiger partial charge in [-0.05, 0) is 48.5 Å². The van der Waals surface area contributed by atoms with E-state index in [0.717, 1.165) is 25.2 Å². The van der Waals surface area contributed by atoms with Crippen molar-refractivity contribution in [3.05, 3.63) is 51.7 Å². The third-order valence-corrected chi connectivity index (χ3v) is 4.32. The average molecular weight is 259 g/mol. The van der Waals surface area contributed by atoms with Gasteiger partial charge in [0.05, 0.1) is 12.6 Å². The van der Waals surface area contributed by atoms with E-state index in [9.17, 15) is 0 Å². The Morgan fingerprint density at radius 2 is 2.28 bits per heavy atom. The van der Waals surface area contributed by atoms with Crippen LogP contribution < -0.4 is 10.1 Å². The molecule has 94 valence electrons. The first-order valence-corrected chi connectivity index (χ1v) is 7.23. The van der Waals surface area contributed by atoms with Crippen LogP contribution in [0.3, 0.4) is 0 Å². The fourth-order valence-corrected chi connectivity index (χ4v) is 3.35. The predicted molar refractivity (Wildman–Crippen MR) is 75.5 cm³/mol. The fourth-order valence-electron chi connectivity index (χ4n) is 2.49. The molecule has 1 N–H and O–H groups in total. The number of hydrogen-bond donors (Lipinski definition) is 1. The van der Waals surface area contributed by atoms with Crippen LogP contribution in [0.4, 0.5) is 0 Å². The third kappa shape index (κ3) is 2.16. The lowest BCUT2D eigenvalue weighted by molar-refractivity contribution is 0.288. The molecule has 0 aliphatic carbocycles. The maximum absolute atomic E-state index is 5.66. The van der Waals surface area contributed by atoms with Gasteiger partial charge in [-0.2, -0.15) is 0 Å². The highest BCUT2D eigenvalue weighted by atomic mass is 32.1. The minimum Gasteiger partial charge on any atom is -0.493 e. The van der Waals surface area contributed by atoms with Crippen molar-refractivity contribution in [2.75, 3.05) is 13.7 Å². The maximum atomic E-state index is 5.66. The monoisotopic (exact) mass is 259 g/mol. The Bertz CT molecular complexity index is 521. The minimum atomic E-state index is 0.289. The largest absolute Gasteiger partial charge is 0.493 e. The zero-order valence-electron chi connectivity index (χ0n) is 10.5. The smallest absolute Gasteiger partial charge is 0.122 e. The first-order chi connectivity index (χ1) is 8.88. The molecule has 0 spiro atoms. The second-order valence-electron chi connectivity index (χ2n) is 4.56. The Balaban J connectivity index is 1.95.